The van der Waals surface area contributed by atoms with Crippen molar-refractivity contribution in [1.82, 2.24) is 15.1 Å². The molecular formula is C21H33IN4O3S. The van der Waals surface area contributed by atoms with Gasteiger partial charge in [0.1, 0.15) is 0 Å². The Balaban J connectivity index is 0.00000320. The van der Waals surface area contributed by atoms with Crippen LogP contribution in [0.2, 0.25) is 0 Å². The molecule has 0 radical (unpaired) electrons. The summed E-state index contributed by atoms with van der Waals surface area (Å²) >= 11 is 0. The number of rotatable bonds is 5. The van der Waals surface area contributed by atoms with Crippen molar-refractivity contribution in [3.05, 3.63) is 35.4 Å². The third kappa shape index (κ3) is 5.87. The van der Waals surface area contributed by atoms with Crippen LogP contribution in [0.25, 0.3) is 0 Å². The molecule has 1 aromatic carbocycles. The Bertz CT molecular complexity index is 886. The van der Waals surface area contributed by atoms with Crippen LogP contribution >= 0.6 is 24.0 Å². The van der Waals surface area contributed by atoms with Gasteiger partial charge in [0.05, 0.1) is 17.0 Å². The number of guanidine groups is 1. The van der Waals surface area contributed by atoms with Crippen molar-refractivity contribution in [1.29, 1.82) is 0 Å². The molecule has 9 heteroatoms. The quantitative estimate of drug-likeness (QED) is 0.347. The van der Waals surface area contributed by atoms with Crippen molar-refractivity contribution in [3.8, 4) is 0 Å². The van der Waals surface area contributed by atoms with Gasteiger partial charge in [-0.05, 0) is 38.3 Å². The van der Waals surface area contributed by atoms with Crippen molar-refractivity contribution in [2.75, 3.05) is 31.9 Å². The number of nitrogens with one attached hydrogen (secondary N) is 1. The first-order valence-corrected chi connectivity index (χ1v) is 12.0. The van der Waals surface area contributed by atoms with Crippen molar-refractivity contribution < 1.29 is 13.2 Å². The maximum Gasteiger partial charge on any atom is 0.222 e. The minimum atomic E-state index is -3.09. The Labute approximate surface area is 197 Å². The molecule has 2 heterocycles. The summed E-state index contributed by atoms with van der Waals surface area (Å²) < 4.78 is 23.8. The van der Waals surface area contributed by atoms with Crippen molar-refractivity contribution in [2.24, 2.45) is 4.99 Å². The number of sulfone groups is 1. The summed E-state index contributed by atoms with van der Waals surface area (Å²) in [6, 6.07) is 8.18. The molecule has 2 fully saturated rings. The lowest BCUT2D eigenvalue weighted by atomic mass is 10.1. The van der Waals surface area contributed by atoms with E-state index in [1.165, 1.54) is 0 Å². The molecule has 0 bridgehead atoms. The Morgan fingerprint density at radius 3 is 2.60 bits per heavy atom. The van der Waals surface area contributed by atoms with E-state index in [4.69, 9.17) is 4.99 Å². The number of hydrogen-bond acceptors (Lipinski definition) is 4. The molecule has 1 aromatic rings. The summed E-state index contributed by atoms with van der Waals surface area (Å²) in [5.41, 5.74) is 2.19. The summed E-state index contributed by atoms with van der Waals surface area (Å²) in [6.07, 6.45) is 1.59. The number of carbonyl (C=O) groups excluding carboxylic acids is 1. The summed E-state index contributed by atoms with van der Waals surface area (Å²) in [4.78, 5) is 20.6. The number of nitrogens with zero attached hydrogens (tertiary/aromatic N) is 3. The highest BCUT2D eigenvalue weighted by atomic mass is 127. The summed E-state index contributed by atoms with van der Waals surface area (Å²) in [5, 5.41) is 3.30. The fraction of sp³-hybridized carbons (Fsp3) is 0.619. The molecule has 7 nitrogen and oxygen atoms in total. The topological polar surface area (TPSA) is 82.1 Å². The zero-order valence-corrected chi connectivity index (χ0v) is 21.2. The van der Waals surface area contributed by atoms with E-state index in [0.29, 0.717) is 32.6 Å². The maximum absolute atomic E-state index is 12.3. The van der Waals surface area contributed by atoms with E-state index < -0.39 is 14.6 Å². The summed E-state index contributed by atoms with van der Waals surface area (Å²) in [6.45, 7) is 9.16. The molecule has 1 N–H and O–H groups in total. The molecule has 2 aliphatic heterocycles. The number of halogens is 1. The average molecular weight is 548 g/mol. The normalized spacial score (nSPS) is 20.8. The van der Waals surface area contributed by atoms with E-state index in [9.17, 15) is 13.2 Å². The second kappa shape index (κ2) is 10.3. The number of likely N-dealkylation sites (tertiary alicyclic amines) is 1. The third-order valence-electron chi connectivity index (χ3n) is 5.63. The Morgan fingerprint density at radius 2 is 1.97 bits per heavy atom. The average Bonchev–Trinajstić information content (AvgIpc) is 3.06. The van der Waals surface area contributed by atoms with Gasteiger partial charge in [0, 0.05) is 39.1 Å². The smallest absolute Gasteiger partial charge is 0.222 e. The van der Waals surface area contributed by atoms with Gasteiger partial charge in [0.15, 0.2) is 15.8 Å². The van der Waals surface area contributed by atoms with Crippen LogP contribution in [0.3, 0.4) is 0 Å². The molecule has 2 saturated heterocycles. The van der Waals surface area contributed by atoms with Gasteiger partial charge >= 0.3 is 0 Å². The van der Waals surface area contributed by atoms with Gasteiger partial charge in [-0.3, -0.25) is 4.79 Å². The highest BCUT2D eigenvalue weighted by Crippen LogP contribution is 2.24. The van der Waals surface area contributed by atoms with Crippen molar-refractivity contribution in [2.45, 2.75) is 51.4 Å². The van der Waals surface area contributed by atoms with Gasteiger partial charge in [-0.1, -0.05) is 24.3 Å². The fourth-order valence-corrected chi connectivity index (χ4v) is 5.20. The molecule has 0 atom stereocenters. The minimum absolute atomic E-state index is 0. The number of aliphatic imine (C=N–C) groups is 1. The fourth-order valence-electron chi connectivity index (χ4n) is 3.83. The van der Waals surface area contributed by atoms with Crippen LogP contribution in [0.5, 0.6) is 0 Å². The first kappa shape index (κ1) is 24.9. The monoisotopic (exact) mass is 548 g/mol. The largest absolute Gasteiger partial charge is 0.357 e. The molecule has 30 heavy (non-hydrogen) atoms. The molecule has 2 aliphatic rings. The van der Waals surface area contributed by atoms with Gasteiger partial charge in [0.2, 0.25) is 5.91 Å². The number of hydrogen-bond donors (Lipinski definition) is 1. The number of carbonyl (C=O) groups is 1. The number of amides is 1. The maximum atomic E-state index is 12.3. The summed E-state index contributed by atoms with van der Waals surface area (Å²) in [5.74, 6) is 1.12. The van der Waals surface area contributed by atoms with Crippen LogP contribution in [0.1, 0.15) is 44.7 Å². The molecule has 3 rings (SSSR count). The van der Waals surface area contributed by atoms with Crippen LogP contribution in [0.4, 0.5) is 0 Å². The van der Waals surface area contributed by atoms with Gasteiger partial charge in [-0.25, -0.2) is 13.4 Å². The molecule has 0 saturated carbocycles. The van der Waals surface area contributed by atoms with Crippen molar-refractivity contribution >= 4 is 45.7 Å². The Morgan fingerprint density at radius 1 is 1.23 bits per heavy atom. The third-order valence-corrected chi connectivity index (χ3v) is 8.16. The lowest BCUT2D eigenvalue weighted by Crippen LogP contribution is -2.57. The highest BCUT2D eigenvalue weighted by molar-refractivity contribution is 14.0. The Kier molecular flexibility index (Phi) is 8.55. The SMILES string of the molecule is CCNC(=NCc1cccc(CN2CCCC2=O)c1)N1CCS(=O)(=O)C(C)(C)C1.I. The second-order valence-electron chi connectivity index (χ2n) is 8.41. The second-order valence-corrected chi connectivity index (χ2v) is 11.2. The number of benzene rings is 1. The molecule has 0 aliphatic carbocycles. The molecule has 168 valence electrons. The lowest BCUT2D eigenvalue weighted by molar-refractivity contribution is -0.128. The van der Waals surface area contributed by atoms with Gasteiger partial charge in [-0.15, -0.1) is 24.0 Å². The van der Waals surface area contributed by atoms with Crippen LogP contribution in [0, 0.1) is 0 Å². The van der Waals surface area contributed by atoms with E-state index >= 15 is 0 Å². The van der Waals surface area contributed by atoms with Crippen LogP contribution in [-0.2, 0) is 27.7 Å². The molecule has 0 spiro atoms. The van der Waals surface area contributed by atoms with Gasteiger partial charge in [0.25, 0.3) is 0 Å². The standard InChI is InChI=1S/C21H32N4O3S.HI/c1-4-22-20(25-11-12-29(27,28)21(2,3)16-25)23-14-17-7-5-8-18(13-17)15-24-10-6-9-19(24)26;/h5,7-8,13H,4,6,9-12,14-16H2,1-3H3,(H,22,23);1H. The van der Waals surface area contributed by atoms with Crippen LogP contribution in [0.15, 0.2) is 29.3 Å². The molecule has 0 unspecified atom stereocenters. The molecular weight excluding hydrogens is 515 g/mol. The van der Waals surface area contributed by atoms with E-state index in [-0.39, 0.29) is 35.6 Å². The van der Waals surface area contributed by atoms with Gasteiger partial charge < -0.3 is 15.1 Å². The lowest BCUT2D eigenvalue weighted by Gasteiger charge is -2.39. The summed E-state index contributed by atoms with van der Waals surface area (Å²) in [7, 11) is -3.09. The minimum Gasteiger partial charge on any atom is -0.357 e. The van der Waals surface area contributed by atoms with E-state index in [1.807, 2.05) is 34.9 Å². The molecule has 1 amide bonds. The predicted molar refractivity (Wildman–Crippen MR) is 131 cm³/mol. The molecule has 0 aromatic heterocycles. The zero-order valence-electron chi connectivity index (χ0n) is 18.1. The van der Waals surface area contributed by atoms with Crippen LogP contribution in [-0.4, -0.2) is 66.8 Å². The van der Waals surface area contributed by atoms with Crippen molar-refractivity contribution in [3.63, 3.8) is 0 Å². The van der Waals surface area contributed by atoms with Gasteiger partial charge in [-0.2, -0.15) is 0 Å². The highest BCUT2D eigenvalue weighted by Gasteiger charge is 2.40. The zero-order chi connectivity index (χ0) is 21.1. The first-order chi connectivity index (χ1) is 13.7. The Hall–Kier alpha value is -1.36. The first-order valence-electron chi connectivity index (χ1n) is 10.3. The van der Waals surface area contributed by atoms with Crippen LogP contribution < -0.4 is 5.32 Å². The van der Waals surface area contributed by atoms with E-state index in [0.717, 1.165) is 36.6 Å². The van der Waals surface area contributed by atoms with E-state index in [1.54, 1.807) is 13.8 Å². The predicted octanol–water partition coefficient (Wildman–Crippen LogP) is 2.40. The van der Waals surface area contributed by atoms with E-state index in [2.05, 4.69) is 11.4 Å².